The number of rotatable bonds is 2. The summed E-state index contributed by atoms with van der Waals surface area (Å²) in [7, 11) is 0. The van der Waals surface area contributed by atoms with Crippen molar-refractivity contribution in [2.75, 3.05) is 5.32 Å². The Balaban J connectivity index is 1.94. The first-order valence-corrected chi connectivity index (χ1v) is 7.06. The fourth-order valence-electron chi connectivity index (χ4n) is 2.46. The third-order valence-corrected chi connectivity index (χ3v) is 3.89. The molecule has 0 radical (unpaired) electrons. The molecule has 1 aliphatic carbocycles. The first-order valence-electron chi connectivity index (χ1n) is 6.66. The van der Waals surface area contributed by atoms with Crippen LogP contribution in [-0.4, -0.2) is 44.8 Å². The van der Waals surface area contributed by atoms with E-state index in [4.69, 9.17) is 12.2 Å². The van der Waals surface area contributed by atoms with Gasteiger partial charge in [-0.25, -0.2) is 0 Å². The Morgan fingerprint density at radius 2 is 1.75 bits per heavy atom. The number of para-hydroxylation sites is 1. The standard InChI is InChI=1S/C14H20N2O3S/c1-8-7-10(12(18)13(19)11(8)17)16-14(20)15-9-5-3-2-4-6-9/h2-6,8,10-13,17-19H,7H2,1H3,(H2,15,16,20)/t8-,10-,11-,12-,13-/m1/s1. The molecule has 0 amide bonds. The number of nitrogens with one attached hydrogen (secondary N) is 2. The molecule has 1 aliphatic rings. The lowest BCUT2D eigenvalue weighted by atomic mass is 9.80. The topological polar surface area (TPSA) is 84.8 Å². The number of aliphatic hydroxyl groups excluding tert-OH is 3. The van der Waals surface area contributed by atoms with Crippen LogP contribution in [0.5, 0.6) is 0 Å². The Kier molecular flexibility index (Phi) is 4.93. The molecule has 0 spiro atoms. The summed E-state index contributed by atoms with van der Waals surface area (Å²) >= 11 is 5.20. The van der Waals surface area contributed by atoms with E-state index in [2.05, 4.69) is 10.6 Å². The fraction of sp³-hybridized carbons (Fsp3) is 0.500. The van der Waals surface area contributed by atoms with Crippen molar-refractivity contribution in [3.05, 3.63) is 30.3 Å². The average molecular weight is 296 g/mol. The maximum Gasteiger partial charge on any atom is 0.171 e. The number of aliphatic hydroxyl groups is 3. The second-order valence-corrected chi connectivity index (χ2v) is 5.66. The Labute approximate surface area is 123 Å². The molecule has 5 nitrogen and oxygen atoms in total. The van der Waals surface area contributed by atoms with Gasteiger partial charge < -0.3 is 26.0 Å². The minimum atomic E-state index is -1.16. The smallest absolute Gasteiger partial charge is 0.171 e. The monoisotopic (exact) mass is 296 g/mol. The number of hydrogen-bond acceptors (Lipinski definition) is 4. The van der Waals surface area contributed by atoms with Crippen molar-refractivity contribution >= 4 is 23.0 Å². The summed E-state index contributed by atoms with van der Waals surface area (Å²) in [6.07, 6.45) is -2.57. The SMILES string of the molecule is C[C@@H]1C[C@@H](NC(=S)Nc2ccccc2)[C@@H](O)[C@H](O)[C@@H]1O. The molecule has 5 N–H and O–H groups in total. The van der Waals surface area contributed by atoms with Crippen LogP contribution in [0.25, 0.3) is 0 Å². The van der Waals surface area contributed by atoms with Gasteiger partial charge in [-0.15, -0.1) is 0 Å². The van der Waals surface area contributed by atoms with E-state index in [0.29, 0.717) is 11.5 Å². The average Bonchev–Trinajstić information content (AvgIpc) is 2.43. The molecule has 20 heavy (non-hydrogen) atoms. The van der Waals surface area contributed by atoms with E-state index in [9.17, 15) is 15.3 Å². The van der Waals surface area contributed by atoms with Crippen molar-refractivity contribution in [2.45, 2.75) is 37.7 Å². The lowest BCUT2D eigenvalue weighted by Gasteiger charge is -2.39. The highest BCUT2D eigenvalue weighted by atomic mass is 32.1. The van der Waals surface area contributed by atoms with Crippen molar-refractivity contribution in [1.82, 2.24) is 5.32 Å². The molecular weight excluding hydrogens is 276 g/mol. The number of hydrogen-bond donors (Lipinski definition) is 5. The summed E-state index contributed by atoms with van der Waals surface area (Å²) < 4.78 is 0. The van der Waals surface area contributed by atoms with Crippen LogP contribution in [0.1, 0.15) is 13.3 Å². The van der Waals surface area contributed by atoms with Crippen LogP contribution in [-0.2, 0) is 0 Å². The van der Waals surface area contributed by atoms with Crippen LogP contribution >= 0.6 is 12.2 Å². The number of benzene rings is 1. The van der Waals surface area contributed by atoms with Crippen LogP contribution in [0.2, 0.25) is 0 Å². The molecule has 1 aromatic rings. The quantitative estimate of drug-likeness (QED) is 0.510. The largest absolute Gasteiger partial charge is 0.390 e. The third kappa shape index (κ3) is 3.46. The zero-order valence-electron chi connectivity index (χ0n) is 11.2. The highest BCUT2D eigenvalue weighted by Gasteiger charge is 2.40. The van der Waals surface area contributed by atoms with E-state index in [1.807, 2.05) is 37.3 Å². The molecule has 0 unspecified atom stereocenters. The van der Waals surface area contributed by atoms with Crippen molar-refractivity contribution in [2.24, 2.45) is 5.92 Å². The molecule has 0 aromatic heterocycles. The van der Waals surface area contributed by atoms with Crippen LogP contribution in [0.3, 0.4) is 0 Å². The molecule has 0 heterocycles. The minimum Gasteiger partial charge on any atom is -0.390 e. The Morgan fingerprint density at radius 3 is 2.40 bits per heavy atom. The van der Waals surface area contributed by atoms with Gasteiger partial charge in [-0.3, -0.25) is 0 Å². The molecular formula is C14H20N2O3S. The summed E-state index contributed by atoms with van der Waals surface area (Å²) in [6.45, 7) is 1.84. The van der Waals surface area contributed by atoms with Gasteiger partial charge in [-0.1, -0.05) is 25.1 Å². The van der Waals surface area contributed by atoms with Crippen LogP contribution in [0, 0.1) is 5.92 Å². The van der Waals surface area contributed by atoms with Gasteiger partial charge in [0.2, 0.25) is 0 Å². The molecule has 2 rings (SSSR count). The van der Waals surface area contributed by atoms with E-state index < -0.39 is 18.3 Å². The molecule has 6 heteroatoms. The Hall–Kier alpha value is -1.21. The summed E-state index contributed by atoms with van der Waals surface area (Å²) in [5.74, 6) is -0.106. The zero-order chi connectivity index (χ0) is 14.7. The second-order valence-electron chi connectivity index (χ2n) is 5.26. The Bertz CT molecular complexity index is 457. The first kappa shape index (κ1) is 15.2. The van der Waals surface area contributed by atoms with Crippen LogP contribution in [0.4, 0.5) is 5.69 Å². The first-order chi connectivity index (χ1) is 9.49. The third-order valence-electron chi connectivity index (χ3n) is 3.67. The number of anilines is 1. The highest BCUT2D eigenvalue weighted by Crippen LogP contribution is 2.25. The van der Waals surface area contributed by atoms with Crippen LogP contribution < -0.4 is 10.6 Å². The van der Waals surface area contributed by atoms with Crippen molar-refractivity contribution in [1.29, 1.82) is 0 Å². The summed E-state index contributed by atoms with van der Waals surface area (Å²) in [6, 6.07) is 9.07. The van der Waals surface area contributed by atoms with Crippen molar-refractivity contribution in [3.8, 4) is 0 Å². The van der Waals surface area contributed by atoms with Crippen LogP contribution in [0.15, 0.2) is 30.3 Å². The van der Waals surface area contributed by atoms with Gasteiger partial charge in [0.05, 0.1) is 12.1 Å². The lowest BCUT2D eigenvalue weighted by Crippen LogP contribution is -2.59. The van der Waals surface area contributed by atoms with Gasteiger partial charge in [0.1, 0.15) is 12.2 Å². The van der Waals surface area contributed by atoms with E-state index >= 15 is 0 Å². The maximum atomic E-state index is 9.98. The van der Waals surface area contributed by atoms with Gasteiger partial charge >= 0.3 is 0 Å². The second kappa shape index (κ2) is 6.49. The number of thiocarbonyl (C=S) groups is 1. The summed E-state index contributed by atoms with van der Waals surface area (Å²) in [4.78, 5) is 0. The van der Waals surface area contributed by atoms with E-state index in [1.165, 1.54) is 0 Å². The lowest BCUT2D eigenvalue weighted by molar-refractivity contribution is -0.117. The molecule has 5 atom stereocenters. The predicted octanol–water partition coefficient (Wildman–Crippen LogP) is 0.464. The Morgan fingerprint density at radius 1 is 1.10 bits per heavy atom. The van der Waals surface area contributed by atoms with Gasteiger partial charge in [0.25, 0.3) is 0 Å². The van der Waals surface area contributed by atoms with Gasteiger partial charge in [0, 0.05) is 5.69 Å². The van der Waals surface area contributed by atoms with Crippen molar-refractivity contribution < 1.29 is 15.3 Å². The van der Waals surface area contributed by atoms with E-state index in [1.54, 1.807) is 0 Å². The molecule has 0 aliphatic heterocycles. The van der Waals surface area contributed by atoms with E-state index in [0.717, 1.165) is 5.69 Å². The molecule has 0 bridgehead atoms. The molecule has 1 saturated carbocycles. The maximum absolute atomic E-state index is 9.98. The predicted molar refractivity (Wildman–Crippen MR) is 81.4 cm³/mol. The van der Waals surface area contributed by atoms with Gasteiger partial charge in [-0.2, -0.15) is 0 Å². The van der Waals surface area contributed by atoms with Crippen molar-refractivity contribution in [3.63, 3.8) is 0 Å². The fourth-order valence-corrected chi connectivity index (χ4v) is 2.73. The highest BCUT2D eigenvalue weighted by molar-refractivity contribution is 7.80. The zero-order valence-corrected chi connectivity index (χ0v) is 12.0. The molecule has 110 valence electrons. The summed E-state index contributed by atoms with van der Waals surface area (Å²) in [5.41, 5.74) is 0.851. The minimum absolute atomic E-state index is 0.106. The summed E-state index contributed by atoms with van der Waals surface area (Å²) in [5, 5.41) is 35.9. The van der Waals surface area contributed by atoms with Gasteiger partial charge in [-0.05, 0) is 36.7 Å². The normalized spacial score (nSPS) is 33.5. The molecule has 1 fully saturated rings. The molecule has 1 aromatic carbocycles. The van der Waals surface area contributed by atoms with Gasteiger partial charge in [0.15, 0.2) is 5.11 Å². The molecule has 0 saturated heterocycles. The van der Waals surface area contributed by atoms with E-state index in [-0.39, 0.29) is 12.0 Å².